The molecule has 0 saturated heterocycles. The number of hydrogen-bond acceptors (Lipinski definition) is 3. The molecular weight excluding hydrogens is 232 g/mol. The van der Waals surface area contributed by atoms with Crippen molar-refractivity contribution in [2.24, 2.45) is 7.05 Å². The summed E-state index contributed by atoms with van der Waals surface area (Å²) >= 11 is 0. The van der Waals surface area contributed by atoms with E-state index < -0.39 is 0 Å². The van der Waals surface area contributed by atoms with Gasteiger partial charge in [-0.15, -0.1) is 0 Å². The minimum atomic E-state index is -0.234. The number of aromatic nitrogens is 3. The smallest absolute Gasteiger partial charge is 0.330 e. The van der Waals surface area contributed by atoms with Crippen LogP contribution in [0.25, 0.3) is 11.2 Å². The molecule has 1 N–H and O–H groups in total. The zero-order chi connectivity index (χ0) is 13.3. The van der Waals surface area contributed by atoms with Gasteiger partial charge in [-0.25, -0.2) is 9.78 Å². The van der Waals surface area contributed by atoms with Gasteiger partial charge in [0.25, 0.3) is 0 Å². The summed E-state index contributed by atoms with van der Waals surface area (Å²) in [5, 5.41) is 2.76. The van der Waals surface area contributed by atoms with Gasteiger partial charge >= 0.3 is 5.69 Å². The van der Waals surface area contributed by atoms with Crippen LogP contribution in [0, 0.1) is 0 Å². The molecule has 6 nitrogen and oxygen atoms in total. The third-order valence-corrected chi connectivity index (χ3v) is 2.64. The van der Waals surface area contributed by atoms with Crippen molar-refractivity contribution < 1.29 is 4.79 Å². The van der Waals surface area contributed by atoms with Gasteiger partial charge in [-0.2, -0.15) is 0 Å². The minimum absolute atomic E-state index is 0.0139. The second kappa shape index (κ2) is 4.64. The van der Waals surface area contributed by atoms with Gasteiger partial charge in [0, 0.05) is 19.3 Å². The van der Waals surface area contributed by atoms with Gasteiger partial charge in [-0.1, -0.05) is 0 Å². The molecule has 0 fully saturated rings. The molecule has 2 aromatic rings. The highest BCUT2D eigenvalue weighted by molar-refractivity contribution is 5.79. The number of carbonyl (C=O) groups is 1. The van der Waals surface area contributed by atoms with Crippen LogP contribution in [0.1, 0.15) is 13.8 Å². The lowest BCUT2D eigenvalue weighted by atomic mass is 10.4. The molecule has 6 heteroatoms. The normalized spacial score (nSPS) is 11.1. The average molecular weight is 248 g/mol. The Morgan fingerprint density at radius 1 is 1.50 bits per heavy atom. The Balaban J connectivity index is 2.42. The number of carbonyl (C=O) groups excluding carboxylic acids is 1. The molecule has 96 valence electrons. The fraction of sp³-hybridized carbons (Fsp3) is 0.417. The van der Waals surface area contributed by atoms with Gasteiger partial charge in [0.1, 0.15) is 6.54 Å². The molecule has 0 aromatic carbocycles. The van der Waals surface area contributed by atoms with Crippen LogP contribution >= 0.6 is 0 Å². The molecule has 2 rings (SSSR count). The number of nitrogens with zero attached hydrogens (tertiary/aromatic N) is 3. The first-order valence-corrected chi connectivity index (χ1v) is 5.80. The molecule has 0 unspecified atom stereocenters. The van der Waals surface area contributed by atoms with Crippen molar-refractivity contribution in [2.45, 2.75) is 26.4 Å². The average Bonchev–Trinajstić information content (AvgIpc) is 2.54. The lowest BCUT2D eigenvalue weighted by Gasteiger charge is -2.08. The second-order valence-electron chi connectivity index (χ2n) is 4.50. The monoisotopic (exact) mass is 248 g/mol. The summed E-state index contributed by atoms with van der Waals surface area (Å²) in [5.41, 5.74) is 1.02. The minimum Gasteiger partial charge on any atom is -0.352 e. The van der Waals surface area contributed by atoms with E-state index in [-0.39, 0.29) is 24.2 Å². The predicted molar refractivity (Wildman–Crippen MR) is 68.3 cm³/mol. The number of fused-ring (bicyclic) bond motifs is 1. The van der Waals surface area contributed by atoms with E-state index in [4.69, 9.17) is 0 Å². The maximum Gasteiger partial charge on any atom is 0.330 e. The number of amides is 1. The van der Waals surface area contributed by atoms with Crippen molar-refractivity contribution in [3.63, 3.8) is 0 Å². The predicted octanol–water partition coefficient (Wildman–Crippen LogP) is 0.260. The van der Waals surface area contributed by atoms with Gasteiger partial charge < -0.3 is 5.32 Å². The van der Waals surface area contributed by atoms with Crippen LogP contribution < -0.4 is 11.0 Å². The number of hydrogen-bond donors (Lipinski definition) is 1. The molecule has 0 bridgehead atoms. The van der Waals surface area contributed by atoms with E-state index in [1.807, 2.05) is 13.8 Å². The van der Waals surface area contributed by atoms with Crippen molar-refractivity contribution in [1.29, 1.82) is 0 Å². The Hall–Kier alpha value is -2.11. The summed E-state index contributed by atoms with van der Waals surface area (Å²) in [5.74, 6) is -0.177. The van der Waals surface area contributed by atoms with Crippen LogP contribution in [0.5, 0.6) is 0 Å². The zero-order valence-corrected chi connectivity index (χ0v) is 10.7. The van der Waals surface area contributed by atoms with Crippen LogP contribution in [-0.4, -0.2) is 26.1 Å². The maximum atomic E-state index is 12.0. The number of pyridine rings is 1. The molecule has 2 heterocycles. The van der Waals surface area contributed by atoms with Crippen molar-refractivity contribution in [3.8, 4) is 0 Å². The van der Waals surface area contributed by atoms with E-state index in [9.17, 15) is 9.59 Å². The van der Waals surface area contributed by atoms with E-state index >= 15 is 0 Å². The molecule has 2 aromatic heterocycles. The molecule has 0 atom stereocenters. The summed E-state index contributed by atoms with van der Waals surface area (Å²) in [4.78, 5) is 27.9. The second-order valence-corrected chi connectivity index (χ2v) is 4.50. The van der Waals surface area contributed by atoms with E-state index in [1.54, 1.807) is 25.4 Å². The number of rotatable bonds is 3. The Bertz CT molecular complexity index is 639. The van der Waals surface area contributed by atoms with Gasteiger partial charge in [-0.3, -0.25) is 13.9 Å². The van der Waals surface area contributed by atoms with Gasteiger partial charge in [0.15, 0.2) is 5.65 Å². The van der Waals surface area contributed by atoms with E-state index in [1.165, 1.54) is 9.13 Å². The number of imidazole rings is 1. The van der Waals surface area contributed by atoms with Crippen LogP contribution in [0.2, 0.25) is 0 Å². The summed E-state index contributed by atoms with van der Waals surface area (Å²) in [6, 6.07) is 3.59. The van der Waals surface area contributed by atoms with E-state index in [2.05, 4.69) is 10.3 Å². The van der Waals surface area contributed by atoms with Crippen LogP contribution in [0.15, 0.2) is 23.1 Å². The van der Waals surface area contributed by atoms with Crippen molar-refractivity contribution in [3.05, 3.63) is 28.8 Å². The molecule has 1 amide bonds. The molecule has 0 spiro atoms. The highest BCUT2D eigenvalue weighted by atomic mass is 16.2. The summed E-state index contributed by atoms with van der Waals surface area (Å²) in [7, 11) is 1.65. The molecule has 0 radical (unpaired) electrons. The van der Waals surface area contributed by atoms with E-state index in [0.29, 0.717) is 11.2 Å². The standard InChI is InChI=1S/C12H16N4O2/c1-8(2)14-10(17)7-16-9-5-4-6-13-11(9)15(3)12(16)18/h4-6,8H,7H2,1-3H3,(H,14,17). The number of aryl methyl sites for hydroxylation is 1. The molecule has 0 aliphatic rings. The van der Waals surface area contributed by atoms with Crippen molar-refractivity contribution >= 4 is 17.1 Å². The summed E-state index contributed by atoms with van der Waals surface area (Å²) in [6.07, 6.45) is 1.63. The zero-order valence-electron chi connectivity index (χ0n) is 10.7. The third-order valence-electron chi connectivity index (χ3n) is 2.64. The number of nitrogens with one attached hydrogen (secondary N) is 1. The first-order chi connectivity index (χ1) is 8.50. The summed E-state index contributed by atoms with van der Waals surface area (Å²) < 4.78 is 2.87. The lowest BCUT2D eigenvalue weighted by Crippen LogP contribution is -2.36. The fourth-order valence-electron chi connectivity index (χ4n) is 1.90. The van der Waals surface area contributed by atoms with Crippen LogP contribution in [0.3, 0.4) is 0 Å². The first kappa shape index (κ1) is 12.3. The fourth-order valence-corrected chi connectivity index (χ4v) is 1.90. The van der Waals surface area contributed by atoms with Crippen LogP contribution in [0.4, 0.5) is 0 Å². The molecule has 0 aliphatic heterocycles. The molecule has 0 saturated carbocycles. The maximum absolute atomic E-state index is 12.0. The van der Waals surface area contributed by atoms with Gasteiger partial charge in [0.05, 0.1) is 5.52 Å². The Morgan fingerprint density at radius 2 is 2.22 bits per heavy atom. The molecule has 0 aliphatic carbocycles. The first-order valence-electron chi connectivity index (χ1n) is 5.80. The van der Waals surface area contributed by atoms with Crippen LogP contribution in [-0.2, 0) is 18.4 Å². The van der Waals surface area contributed by atoms with E-state index in [0.717, 1.165) is 0 Å². The van der Waals surface area contributed by atoms with Gasteiger partial charge in [-0.05, 0) is 26.0 Å². The SMILES string of the molecule is CC(C)NC(=O)Cn1c(=O)n(C)c2ncccc21. The third kappa shape index (κ3) is 2.13. The topological polar surface area (TPSA) is 68.9 Å². The Labute approximate surface area is 104 Å². The van der Waals surface area contributed by atoms with Crippen molar-refractivity contribution in [2.75, 3.05) is 0 Å². The Morgan fingerprint density at radius 3 is 2.89 bits per heavy atom. The quantitative estimate of drug-likeness (QED) is 0.847. The molecular formula is C12H16N4O2. The highest BCUT2D eigenvalue weighted by Gasteiger charge is 2.14. The molecule has 18 heavy (non-hydrogen) atoms. The Kier molecular flexibility index (Phi) is 3.18. The largest absolute Gasteiger partial charge is 0.352 e. The lowest BCUT2D eigenvalue weighted by molar-refractivity contribution is -0.122. The highest BCUT2D eigenvalue weighted by Crippen LogP contribution is 2.07. The summed E-state index contributed by atoms with van der Waals surface area (Å²) in [6.45, 7) is 3.77. The van der Waals surface area contributed by atoms with Gasteiger partial charge in [0.2, 0.25) is 5.91 Å². The van der Waals surface area contributed by atoms with Crippen molar-refractivity contribution in [1.82, 2.24) is 19.4 Å².